The fourth-order valence-corrected chi connectivity index (χ4v) is 1.31. The Labute approximate surface area is 107 Å². The second-order valence-corrected chi connectivity index (χ2v) is 4.34. The number of hydrogen-bond acceptors (Lipinski definition) is 5. The van der Waals surface area contributed by atoms with Crippen molar-refractivity contribution in [3.8, 4) is 0 Å². The minimum atomic E-state index is -0.375. The van der Waals surface area contributed by atoms with Gasteiger partial charge in [0.2, 0.25) is 0 Å². The number of hydrogen-bond donors (Lipinski definition) is 1. The zero-order chi connectivity index (χ0) is 13.4. The fourth-order valence-electron chi connectivity index (χ4n) is 1.31. The van der Waals surface area contributed by atoms with E-state index in [0.29, 0.717) is 36.9 Å². The molecule has 0 bridgehead atoms. The predicted molar refractivity (Wildman–Crippen MR) is 68.1 cm³/mol. The Morgan fingerprint density at radius 3 is 2.89 bits per heavy atom. The van der Waals surface area contributed by atoms with Gasteiger partial charge in [-0.25, -0.2) is 4.79 Å². The summed E-state index contributed by atoms with van der Waals surface area (Å²) in [5.41, 5.74) is 6.59. The topological polar surface area (TPSA) is 74.4 Å². The largest absolute Gasteiger partial charge is 0.460 e. The van der Waals surface area contributed by atoms with E-state index in [2.05, 4.69) is 18.8 Å². The van der Waals surface area contributed by atoms with E-state index in [1.807, 2.05) is 0 Å². The Kier molecular flexibility index (Phi) is 6.32. The number of carbonyl (C=O) groups excluding carboxylic acids is 1. The van der Waals surface area contributed by atoms with Crippen molar-refractivity contribution in [1.29, 1.82) is 0 Å². The molecule has 1 aromatic rings. The van der Waals surface area contributed by atoms with E-state index in [1.165, 1.54) is 0 Å². The summed E-state index contributed by atoms with van der Waals surface area (Å²) in [7, 11) is 0. The van der Waals surface area contributed by atoms with Gasteiger partial charge in [0.15, 0.2) is 0 Å². The number of aromatic nitrogens is 1. The molecule has 0 amide bonds. The van der Waals surface area contributed by atoms with Crippen LogP contribution in [0, 0.1) is 5.92 Å². The molecule has 2 N–H and O–H groups in total. The van der Waals surface area contributed by atoms with Crippen LogP contribution in [0.2, 0.25) is 0 Å². The molecule has 0 saturated carbocycles. The van der Waals surface area contributed by atoms with Gasteiger partial charge >= 0.3 is 5.97 Å². The van der Waals surface area contributed by atoms with Gasteiger partial charge in [-0.1, -0.05) is 13.8 Å². The molecule has 0 radical (unpaired) electrons. The maximum Gasteiger partial charge on any atom is 0.338 e. The Morgan fingerprint density at radius 1 is 1.44 bits per heavy atom. The lowest BCUT2D eigenvalue weighted by Gasteiger charge is -2.08. The number of carbonyl (C=O) groups is 1. The molecule has 1 heterocycles. The highest BCUT2D eigenvalue weighted by Crippen LogP contribution is 2.03. The number of pyridine rings is 1. The Morgan fingerprint density at radius 2 is 2.22 bits per heavy atom. The smallest absolute Gasteiger partial charge is 0.338 e. The molecule has 0 spiro atoms. The molecule has 18 heavy (non-hydrogen) atoms. The summed E-state index contributed by atoms with van der Waals surface area (Å²) < 4.78 is 10.4. The van der Waals surface area contributed by atoms with Gasteiger partial charge in [-0.3, -0.25) is 4.98 Å². The van der Waals surface area contributed by atoms with Crippen molar-refractivity contribution < 1.29 is 14.3 Å². The van der Waals surface area contributed by atoms with Crippen LogP contribution in [-0.4, -0.2) is 30.8 Å². The molecule has 0 fully saturated rings. The number of nitrogens with zero attached hydrogens (tertiary/aromatic N) is 1. The first kappa shape index (κ1) is 14.6. The number of nitrogens with two attached hydrogens (primary N) is 1. The van der Waals surface area contributed by atoms with E-state index < -0.39 is 0 Å². The summed E-state index contributed by atoms with van der Waals surface area (Å²) in [5.74, 6) is 0.105. The summed E-state index contributed by atoms with van der Waals surface area (Å²) in [4.78, 5) is 15.7. The van der Waals surface area contributed by atoms with Crippen molar-refractivity contribution in [2.45, 2.75) is 20.4 Å². The summed E-state index contributed by atoms with van der Waals surface area (Å²) in [5, 5.41) is 0. The molecule has 0 aromatic carbocycles. The second kappa shape index (κ2) is 7.79. The quantitative estimate of drug-likeness (QED) is 0.586. The van der Waals surface area contributed by atoms with Crippen molar-refractivity contribution in [3.63, 3.8) is 0 Å². The average Bonchev–Trinajstić information content (AvgIpc) is 2.37. The van der Waals surface area contributed by atoms with Crippen molar-refractivity contribution in [2.24, 2.45) is 11.7 Å². The summed E-state index contributed by atoms with van der Waals surface area (Å²) in [6.45, 7) is 5.78. The maximum absolute atomic E-state index is 11.7. The second-order valence-electron chi connectivity index (χ2n) is 4.34. The standard InChI is InChI=1S/C13H20N2O3/c1-10(2)9-17-5-6-18-13(16)11-3-4-15-12(7-11)8-14/h3-4,7,10H,5-6,8-9,14H2,1-2H3. The predicted octanol–water partition coefficient (Wildman–Crippen LogP) is 1.37. The van der Waals surface area contributed by atoms with Gasteiger partial charge in [-0.05, 0) is 18.1 Å². The lowest BCUT2D eigenvalue weighted by Crippen LogP contribution is -2.13. The van der Waals surface area contributed by atoms with Gasteiger partial charge in [0.05, 0.1) is 17.9 Å². The minimum Gasteiger partial charge on any atom is -0.460 e. The highest BCUT2D eigenvalue weighted by molar-refractivity contribution is 5.89. The van der Waals surface area contributed by atoms with Crippen molar-refractivity contribution in [1.82, 2.24) is 4.98 Å². The molecular weight excluding hydrogens is 232 g/mol. The third-order valence-corrected chi connectivity index (χ3v) is 2.17. The molecule has 0 saturated heterocycles. The zero-order valence-electron chi connectivity index (χ0n) is 10.9. The summed E-state index contributed by atoms with van der Waals surface area (Å²) in [6.07, 6.45) is 1.55. The van der Waals surface area contributed by atoms with Crippen LogP contribution in [0.15, 0.2) is 18.3 Å². The maximum atomic E-state index is 11.7. The molecular formula is C13H20N2O3. The molecule has 1 rings (SSSR count). The highest BCUT2D eigenvalue weighted by Gasteiger charge is 2.07. The van der Waals surface area contributed by atoms with E-state index in [1.54, 1.807) is 18.3 Å². The van der Waals surface area contributed by atoms with Crippen LogP contribution in [0.1, 0.15) is 29.9 Å². The van der Waals surface area contributed by atoms with Gasteiger partial charge in [0, 0.05) is 19.3 Å². The van der Waals surface area contributed by atoms with Crippen LogP contribution >= 0.6 is 0 Å². The molecule has 5 heteroatoms. The summed E-state index contributed by atoms with van der Waals surface area (Å²) >= 11 is 0. The molecule has 0 aliphatic carbocycles. The number of rotatable bonds is 7. The highest BCUT2D eigenvalue weighted by atomic mass is 16.6. The first-order valence-corrected chi connectivity index (χ1v) is 6.03. The first-order chi connectivity index (χ1) is 8.63. The van der Waals surface area contributed by atoms with E-state index >= 15 is 0 Å². The van der Waals surface area contributed by atoms with E-state index in [-0.39, 0.29) is 12.6 Å². The Hall–Kier alpha value is -1.46. The minimum absolute atomic E-state index is 0.256. The van der Waals surface area contributed by atoms with Crippen molar-refractivity contribution >= 4 is 5.97 Å². The number of esters is 1. The van der Waals surface area contributed by atoms with Crippen molar-refractivity contribution in [3.05, 3.63) is 29.6 Å². The SMILES string of the molecule is CC(C)COCCOC(=O)c1ccnc(CN)c1. The lowest BCUT2D eigenvalue weighted by molar-refractivity contribution is 0.0277. The molecule has 5 nitrogen and oxygen atoms in total. The van der Waals surface area contributed by atoms with Gasteiger partial charge in [-0.2, -0.15) is 0 Å². The lowest BCUT2D eigenvalue weighted by atomic mass is 10.2. The summed E-state index contributed by atoms with van der Waals surface area (Å²) in [6, 6.07) is 3.24. The average molecular weight is 252 g/mol. The van der Waals surface area contributed by atoms with E-state index in [0.717, 1.165) is 0 Å². The van der Waals surface area contributed by atoms with Crippen LogP contribution in [0.4, 0.5) is 0 Å². The van der Waals surface area contributed by atoms with Crippen LogP contribution in [0.5, 0.6) is 0 Å². The van der Waals surface area contributed by atoms with Crippen molar-refractivity contribution in [2.75, 3.05) is 19.8 Å². The van der Waals surface area contributed by atoms with Gasteiger partial charge < -0.3 is 15.2 Å². The number of ether oxygens (including phenoxy) is 2. The molecule has 0 aliphatic rings. The van der Waals surface area contributed by atoms with Crippen LogP contribution < -0.4 is 5.73 Å². The van der Waals surface area contributed by atoms with Gasteiger partial charge in [-0.15, -0.1) is 0 Å². The zero-order valence-corrected chi connectivity index (χ0v) is 10.9. The first-order valence-electron chi connectivity index (χ1n) is 6.03. The molecule has 100 valence electrons. The fraction of sp³-hybridized carbons (Fsp3) is 0.538. The molecule has 0 unspecified atom stereocenters. The van der Waals surface area contributed by atoms with Gasteiger partial charge in [0.1, 0.15) is 6.61 Å². The Balaban J connectivity index is 2.31. The third-order valence-electron chi connectivity index (χ3n) is 2.17. The third kappa shape index (κ3) is 5.25. The van der Waals surface area contributed by atoms with Gasteiger partial charge in [0.25, 0.3) is 0 Å². The Bertz CT molecular complexity index is 380. The normalized spacial score (nSPS) is 10.7. The molecule has 0 atom stereocenters. The van der Waals surface area contributed by atoms with Crippen LogP contribution in [0.3, 0.4) is 0 Å². The molecule has 0 aliphatic heterocycles. The monoisotopic (exact) mass is 252 g/mol. The van der Waals surface area contributed by atoms with Crippen LogP contribution in [-0.2, 0) is 16.0 Å². The molecule has 1 aromatic heterocycles. The van der Waals surface area contributed by atoms with E-state index in [9.17, 15) is 4.79 Å². The van der Waals surface area contributed by atoms with E-state index in [4.69, 9.17) is 15.2 Å². The van der Waals surface area contributed by atoms with Crippen LogP contribution in [0.25, 0.3) is 0 Å².